The molecular formula is C24H30ClN7. The minimum absolute atomic E-state index is 0. The van der Waals surface area contributed by atoms with Crippen molar-refractivity contribution in [3.63, 3.8) is 0 Å². The molecule has 4 N–H and O–H groups in total. The second-order valence-corrected chi connectivity index (χ2v) is 8.07. The van der Waals surface area contributed by atoms with Crippen LogP contribution in [0.15, 0.2) is 72.1 Å². The molecule has 0 amide bonds. The zero-order valence-corrected chi connectivity index (χ0v) is 19.5. The number of hydrogen-bond donors (Lipinski definition) is 3. The highest BCUT2D eigenvalue weighted by Gasteiger charge is 2.35. The summed E-state index contributed by atoms with van der Waals surface area (Å²) in [5, 5.41) is 18.1. The first kappa shape index (κ1) is 23.5. The summed E-state index contributed by atoms with van der Waals surface area (Å²) >= 11 is 0. The highest BCUT2D eigenvalue weighted by atomic mass is 35.5. The fraction of sp³-hybridized carbons (Fsp3) is 0.292. The molecule has 0 spiro atoms. The molecule has 1 unspecified atom stereocenters. The van der Waals surface area contributed by atoms with Crippen LogP contribution in [0.4, 0.5) is 0 Å². The minimum Gasteiger partial charge on any atom is -0.399 e. The summed E-state index contributed by atoms with van der Waals surface area (Å²) in [4.78, 5) is 2.40. The lowest BCUT2D eigenvalue weighted by Gasteiger charge is -2.44. The van der Waals surface area contributed by atoms with Crippen molar-refractivity contribution in [2.45, 2.75) is 39.4 Å². The summed E-state index contributed by atoms with van der Waals surface area (Å²) in [6.45, 7) is 8.15. The van der Waals surface area contributed by atoms with Gasteiger partial charge in [0.2, 0.25) is 5.82 Å². The Morgan fingerprint density at radius 1 is 1.03 bits per heavy atom. The lowest BCUT2D eigenvalue weighted by Crippen LogP contribution is -2.59. The molecule has 0 saturated heterocycles. The number of nitrogens with zero attached hydrogens (tertiary/aromatic N) is 4. The van der Waals surface area contributed by atoms with Gasteiger partial charge >= 0.3 is 0 Å². The Bertz CT molecular complexity index is 1090. The number of halogens is 1. The van der Waals surface area contributed by atoms with Gasteiger partial charge in [-0.3, -0.25) is 4.90 Å². The van der Waals surface area contributed by atoms with Gasteiger partial charge in [-0.2, -0.15) is 5.21 Å². The van der Waals surface area contributed by atoms with Crippen LogP contribution in [-0.2, 0) is 6.54 Å². The van der Waals surface area contributed by atoms with E-state index in [-0.39, 0.29) is 12.4 Å². The largest absolute Gasteiger partial charge is 0.399 e. The smallest absolute Gasteiger partial charge is 0.205 e. The maximum absolute atomic E-state index is 6.42. The third kappa shape index (κ3) is 4.69. The SMILES string of the molecule is CCCN(Cc1ccc(-c2ccccc2-c2nn[nH]n2)cc1)C1(C)NC(C)=CC=C1N.Cl. The number of dihydropyridines is 1. The molecule has 0 radical (unpaired) electrons. The lowest BCUT2D eigenvalue weighted by molar-refractivity contribution is 0.100. The highest BCUT2D eigenvalue weighted by Crippen LogP contribution is 2.31. The van der Waals surface area contributed by atoms with Gasteiger partial charge in [0.25, 0.3) is 0 Å². The second kappa shape index (κ2) is 9.97. The summed E-state index contributed by atoms with van der Waals surface area (Å²) in [5.41, 5.74) is 12.3. The Kier molecular flexibility index (Phi) is 7.33. The molecule has 3 aromatic rings. The van der Waals surface area contributed by atoms with Crippen molar-refractivity contribution in [1.29, 1.82) is 0 Å². The Hall–Kier alpha value is -3.16. The predicted octanol–water partition coefficient (Wildman–Crippen LogP) is 4.23. The van der Waals surface area contributed by atoms with Crippen LogP contribution in [0, 0.1) is 0 Å². The van der Waals surface area contributed by atoms with E-state index < -0.39 is 5.66 Å². The van der Waals surface area contributed by atoms with Crippen molar-refractivity contribution >= 4 is 12.4 Å². The maximum Gasteiger partial charge on any atom is 0.205 e. The second-order valence-electron chi connectivity index (χ2n) is 8.07. The molecule has 0 aliphatic carbocycles. The molecule has 168 valence electrons. The van der Waals surface area contributed by atoms with Crippen LogP contribution in [0.25, 0.3) is 22.5 Å². The molecule has 2 heterocycles. The molecule has 32 heavy (non-hydrogen) atoms. The molecule has 1 aromatic heterocycles. The topological polar surface area (TPSA) is 95.8 Å². The van der Waals surface area contributed by atoms with E-state index in [1.165, 1.54) is 5.56 Å². The summed E-state index contributed by atoms with van der Waals surface area (Å²) in [5.74, 6) is 0.593. The number of allylic oxidation sites excluding steroid dienone is 3. The molecule has 0 fully saturated rings. The standard InChI is InChI=1S/C24H29N7.ClH/c1-4-15-31(24(3)22(25)14-9-17(2)26-24)16-18-10-12-19(13-11-18)20-7-5-6-8-21(20)23-27-29-30-28-23;/h5-14,26H,4,15-16,25H2,1-3H3,(H,27,28,29,30);1H. The van der Waals surface area contributed by atoms with Gasteiger partial charge < -0.3 is 11.1 Å². The minimum atomic E-state index is -0.404. The Morgan fingerprint density at radius 3 is 2.41 bits per heavy atom. The van der Waals surface area contributed by atoms with Gasteiger partial charge in [0, 0.05) is 30.0 Å². The number of hydrogen-bond acceptors (Lipinski definition) is 6. The molecular weight excluding hydrogens is 422 g/mol. The van der Waals surface area contributed by atoms with Crippen molar-refractivity contribution in [2.24, 2.45) is 5.73 Å². The third-order valence-corrected chi connectivity index (χ3v) is 5.79. The van der Waals surface area contributed by atoms with Crippen LogP contribution in [0.2, 0.25) is 0 Å². The third-order valence-electron chi connectivity index (χ3n) is 5.79. The van der Waals surface area contributed by atoms with E-state index in [0.29, 0.717) is 5.82 Å². The zero-order valence-electron chi connectivity index (χ0n) is 18.7. The summed E-state index contributed by atoms with van der Waals surface area (Å²) in [7, 11) is 0. The van der Waals surface area contributed by atoms with E-state index in [4.69, 9.17) is 5.73 Å². The molecule has 2 aromatic carbocycles. The van der Waals surface area contributed by atoms with Gasteiger partial charge in [-0.05, 0) is 54.3 Å². The van der Waals surface area contributed by atoms with E-state index in [1.807, 2.05) is 30.4 Å². The Labute approximate surface area is 195 Å². The van der Waals surface area contributed by atoms with Gasteiger partial charge in [0.15, 0.2) is 0 Å². The van der Waals surface area contributed by atoms with Crippen LogP contribution in [-0.4, -0.2) is 37.7 Å². The van der Waals surface area contributed by atoms with Crippen LogP contribution < -0.4 is 11.1 Å². The monoisotopic (exact) mass is 451 g/mol. The average molecular weight is 452 g/mol. The van der Waals surface area contributed by atoms with Crippen LogP contribution in [0.3, 0.4) is 0 Å². The molecule has 1 aliphatic rings. The molecule has 0 saturated carbocycles. The highest BCUT2D eigenvalue weighted by molar-refractivity contribution is 5.85. The fourth-order valence-corrected chi connectivity index (χ4v) is 4.08. The number of rotatable bonds is 7. The molecule has 8 heteroatoms. The number of nitrogens with one attached hydrogen (secondary N) is 2. The Balaban J connectivity index is 0.00000289. The van der Waals surface area contributed by atoms with Gasteiger partial charge in [-0.25, -0.2) is 0 Å². The van der Waals surface area contributed by atoms with Gasteiger partial charge in [0.05, 0.1) is 0 Å². The zero-order chi connectivity index (χ0) is 21.8. The van der Waals surface area contributed by atoms with E-state index in [9.17, 15) is 0 Å². The number of nitrogens with two attached hydrogens (primary N) is 1. The van der Waals surface area contributed by atoms with E-state index in [1.54, 1.807) is 0 Å². The van der Waals surface area contributed by atoms with Crippen LogP contribution >= 0.6 is 12.4 Å². The van der Waals surface area contributed by atoms with Crippen LogP contribution in [0.1, 0.15) is 32.8 Å². The number of tetrazole rings is 1. The average Bonchev–Trinajstić information content (AvgIpc) is 3.32. The van der Waals surface area contributed by atoms with Crippen molar-refractivity contribution in [3.8, 4) is 22.5 Å². The summed E-state index contributed by atoms with van der Waals surface area (Å²) in [6, 6.07) is 16.8. The number of aromatic nitrogens is 4. The molecule has 0 bridgehead atoms. The van der Waals surface area contributed by atoms with Gasteiger partial charge in [-0.15, -0.1) is 22.6 Å². The summed E-state index contributed by atoms with van der Waals surface area (Å²) in [6.07, 6.45) is 5.08. The number of aromatic amines is 1. The molecule has 4 rings (SSSR count). The maximum atomic E-state index is 6.42. The first-order chi connectivity index (χ1) is 15.0. The van der Waals surface area contributed by atoms with Crippen molar-refractivity contribution in [3.05, 3.63) is 77.6 Å². The first-order valence-electron chi connectivity index (χ1n) is 10.6. The van der Waals surface area contributed by atoms with Gasteiger partial charge in [0.1, 0.15) is 5.66 Å². The Morgan fingerprint density at radius 2 is 1.75 bits per heavy atom. The van der Waals surface area contributed by atoms with E-state index >= 15 is 0 Å². The van der Waals surface area contributed by atoms with E-state index in [0.717, 1.165) is 47.6 Å². The number of benzene rings is 2. The number of H-pyrrole nitrogens is 1. The summed E-state index contributed by atoms with van der Waals surface area (Å²) < 4.78 is 0. The van der Waals surface area contributed by atoms with Crippen LogP contribution in [0.5, 0.6) is 0 Å². The first-order valence-corrected chi connectivity index (χ1v) is 10.6. The van der Waals surface area contributed by atoms with Crippen molar-refractivity contribution in [2.75, 3.05) is 6.54 Å². The molecule has 1 aliphatic heterocycles. The fourth-order valence-electron chi connectivity index (χ4n) is 4.08. The normalized spacial score (nSPS) is 17.9. The predicted molar refractivity (Wildman–Crippen MR) is 131 cm³/mol. The quantitative estimate of drug-likeness (QED) is 0.497. The van der Waals surface area contributed by atoms with E-state index in [2.05, 4.69) is 81.9 Å². The molecule has 1 atom stereocenters. The van der Waals surface area contributed by atoms with Crippen molar-refractivity contribution < 1.29 is 0 Å². The lowest BCUT2D eigenvalue weighted by atomic mass is 9.97. The molecule has 7 nitrogen and oxygen atoms in total. The van der Waals surface area contributed by atoms with Gasteiger partial charge in [-0.1, -0.05) is 55.5 Å². The van der Waals surface area contributed by atoms with Crippen molar-refractivity contribution in [1.82, 2.24) is 30.8 Å².